The van der Waals surface area contributed by atoms with Crippen LogP contribution in [0.15, 0.2) is 17.8 Å². The highest BCUT2D eigenvalue weighted by Crippen LogP contribution is 2.31. The predicted octanol–water partition coefficient (Wildman–Crippen LogP) is 2.75. The minimum atomic E-state index is 0.320. The molecule has 0 aliphatic rings. The highest BCUT2D eigenvalue weighted by Gasteiger charge is 2.09. The maximum atomic E-state index is 5.99. The smallest absolute Gasteiger partial charge is 0.146 e. The summed E-state index contributed by atoms with van der Waals surface area (Å²) in [4.78, 5) is 9.13. The van der Waals surface area contributed by atoms with Crippen molar-refractivity contribution in [3.8, 4) is 11.3 Å². The molecule has 0 aromatic carbocycles. The van der Waals surface area contributed by atoms with Gasteiger partial charge in [0, 0.05) is 15.8 Å². The molecule has 0 saturated carbocycles. The topological polar surface area (TPSA) is 51.8 Å². The number of anilines is 1. The standard InChI is InChI=1S/C9H8ClN3S/c1-5-2-6(3-14-5)8-7(10)9(11)13-4-12-8/h2-4H,1H3,(H2,11,12,13). The average molecular weight is 226 g/mol. The summed E-state index contributed by atoms with van der Waals surface area (Å²) in [6.07, 6.45) is 1.42. The molecule has 0 fully saturated rings. The summed E-state index contributed by atoms with van der Waals surface area (Å²) in [6, 6.07) is 2.03. The van der Waals surface area contributed by atoms with Crippen LogP contribution in [0.4, 0.5) is 5.82 Å². The molecule has 0 aliphatic carbocycles. The molecule has 0 spiro atoms. The molecule has 0 unspecified atom stereocenters. The van der Waals surface area contributed by atoms with Crippen LogP contribution in [0, 0.1) is 6.92 Å². The van der Waals surface area contributed by atoms with Gasteiger partial charge in [0.1, 0.15) is 17.2 Å². The van der Waals surface area contributed by atoms with Crippen LogP contribution in [0.2, 0.25) is 5.02 Å². The van der Waals surface area contributed by atoms with Crippen LogP contribution in [0.1, 0.15) is 4.88 Å². The SMILES string of the molecule is Cc1cc(-c2ncnc(N)c2Cl)cs1. The Morgan fingerprint density at radius 2 is 2.21 bits per heavy atom. The summed E-state index contributed by atoms with van der Waals surface area (Å²) in [6.45, 7) is 2.03. The molecule has 2 N–H and O–H groups in total. The van der Waals surface area contributed by atoms with Crippen LogP contribution < -0.4 is 5.73 Å². The quantitative estimate of drug-likeness (QED) is 0.812. The van der Waals surface area contributed by atoms with E-state index in [1.165, 1.54) is 11.2 Å². The third-order valence-corrected chi connectivity index (χ3v) is 3.05. The lowest BCUT2D eigenvalue weighted by Crippen LogP contribution is -1.94. The van der Waals surface area contributed by atoms with Crippen LogP contribution >= 0.6 is 22.9 Å². The summed E-state index contributed by atoms with van der Waals surface area (Å²) in [5.41, 5.74) is 7.28. The third kappa shape index (κ3) is 1.58. The fraction of sp³-hybridized carbons (Fsp3) is 0.111. The lowest BCUT2D eigenvalue weighted by molar-refractivity contribution is 1.18. The largest absolute Gasteiger partial charge is 0.382 e. The van der Waals surface area contributed by atoms with Gasteiger partial charge >= 0.3 is 0 Å². The number of nitrogens with two attached hydrogens (primary N) is 1. The number of nitrogen functional groups attached to an aromatic ring is 1. The van der Waals surface area contributed by atoms with Gasteiger partial charge < -0.3 is 5.73 Å². The molecule has 0 amide bonds. The monoisotopic (exact) mass is 225 g/mol. The van der Waals surface area contributed by atoms with E-state index in [1.54, 1.807) is 11.3 Å². The first-order chi connectivity index (χ1) is 6.68. The summed E-state index contributed by atoms with van der Waals surface area (Å²) >= 11 is 7.65. The van der Waals surface area contributed by atoms with Gasteiger partial charge in [0.15, 0.2) is 0 Å². The van der Waals surface area contributed by atoms with Crippen molar-refractivity contribution < 1.29 is 0 Å². The third-order valence-electron chi connectivity index (χ3n) is 1.82. The van der Waals surface area contributed by atoms with Gasteiger partial charge in [-0.15, -0.1) is 11.3 Å². The van der Waals surface area contributed by atoms with Crippen LogP contribution in [-0.4, -0.2) is 9.97 Å². The van der Waals surface area contributed by atoms with Crippen molar-refractivity contribution in [1.82, 2.24) is 9.97 Å². The fourth-order valence-electron chi connectivity index (χ4n) is 1.15. The normalized spacial score (nSPS) is 10.4. The van der Waals surface area contributed by atoms with E-state index in [1.807, 2.05) is 18.4 Å². The Balaban J connectivity index is 2.57. The lowest BCUT2D eigenvalue weighted by Gasteiger charge is -2.01. The Kier molecular flexibility index (Phi) is 2.39. The van der Waals surface area contributed by atoms with Crippen molar-refractivity contribution in [1.29, 1.82) is 0 Å². The Bertz CT molecular complexity index is 467. The van der Waals surface area contributed by atoms with Crippen molar-refractivity contribution in [2.45, 2.75) is 6.92 Å². The predicted molar refractivity (Wildman–Crippen MR) is 59.5 cm³/mol. The molecule has 0 bridgehead atoms. The maximum Gasteiger partial charge on any atom is 0.146 e. The molecule has 2 heterocycles. The summed E-state index contributed by atoms with van der Waals surface area (Å²) in [5, 5.41) is 2.42. The molecule has 3 nitrogen and oxygen atoms in total. The molecule has 2 aromatic rings. The zero-order valence-electron chi connectivity index (χ0n) is 7.49. The zero-order valence-corrected chi connectivity index (χ0v) is 9.06. The van der Waals surface area contributed by atoms with Gasteiger partial charge in [-0.3, -0.25) is 0 Å². The van der Waals surface area contributed by atoms with Crippen molar-refractivity contribution in [3.63, 3.8) is 0 Å². The summed E-state index contributed by atoms with van der Waals surface area (Å²) in [7, 11) is 0. The highest BCUT2D eigenvalue weighted by molar-refractivity contribution is 7.10. The van der Waals surface area contributed by atoms with E-state index < -0.39 is 0 Å². The molecule has 0 aliphatic heterocycles. The van der Waals surface area contributed by atoms with Gasteiger partial charge in [-0.25, -0.2) is 9.97 Å². The minimum absolute atomic E-state index is 0.320. The lowest BCUT2D eigenvalue weighted by atomic mass is 10.2. The number of aromatic nitrogens is 2. The molecule has 72 valence electrons. The van der Waals surface area contributed by atoms with Gasteiger partial charge in [-0.1, -0.05) is 11.6 Å². The van der Waals surface area contributed by atoms with Gasteiger partial charge in [-0.05, 0) is 13.0 Å². The number of hydrogen-bond donors (Lipinski definition) is 1. The first-order valence-corrected chi connectivity index (χ1v) is 5.25. The van der Waals surface area contributed by atoms with Crippen LogP contribution in [0.25, 0.3) is 11.3 Å². The van der Waals surface area contributed by atoms with E-state index in [-0.39, 0.29) is 0 Å². The zero-order chi connectivity index (χ0) is 10.1. The van der Waals surface area contributed by atoms with Gasteiger partial charge in [0.05, 0.1) is 5.69 Å². The van der Waals surface area contributed by atoms with Crippen molar-refractivity contribution >= 4 is 28.8 Å². The Morgan fingerprint density at radius 1 is 1.43 bits per heavy atom. The molecule has 2 aromatic heterocycles. The molecule has 0 saturated heterocycles. The fourth-order valence-corrected chi connectivity index (χ4v) is 2.05. The number of nitrogens with zero attached hydrogens (tertiary/aromatic N) is 2. The summed E-state index contributed by atoms with van der Waals surface area (Å²) in [5.74, 6) is 0.320. The number of halogens is 1. The van der Waals surface area contributed by atoms with E-state index in [0.29, 0.717) is 16.5 Å². The molecular formula is C9H8ClN3S. The first kappa shape index (κ1) is 9.43. The first-order valence-electron chi connectivity index (χ1n) is 4.00. The van der Waals surface area contributed by atoms with Crippen molar-refractivity contribution in [3.05, 3.63) is 27.7 Å². The van der Waals surface area contributed by atoms with E-state index in [4.69, 9.17) is 17.3 Å². The number of rotatable bonds is 1. The Hall–Kier alpha value is -1.13. The van der Waals surface area contributed by atoms with Crippen LogP contribution in [0.3, 0.4) is 0 Å². The molecule has 2 rings (SSSR count). The Morgan fingerprint density at radius 3 is 2.86 bits per heavy atom. The molecule has 0 atom stereocenters. The molecule has 0 radical (unpaired) electrons. The second kappa shape index (κ2) is 3.55. The van der Waals surface area contributed by atoms with Crippen molar-refractivity contribution in [2.75, 3.05) is 5.73 Å². The second-order valence-corrected chi connectivity index (χ2v) is 4.36. The summed E-state index contributed by atoms with van der Waals surface area (Å²) < 4.78 is 0. The average Bonchev–Trinajstić information content (AvgIpc) is 2.57. The number of aryl methyl sites for hydroxylation is 1. The molecular weight excluding hydrogens is 218 g/mol. The van der Waals surface area contributed by atoms with E-state index in [2.05, 4.69) is 9.97 Å². The molecule has 14 heavy (non-hydrogen) atoms. The number of thiophene rings is 1. The molecule has 5 heteroatoms. The van der Waals surface area contributed by atoms with Gasteiger partial charge in [0.2, 0.25) is 0 Å². The Labute approximate surface area is 90.6 Å². The maximum absolute atomic E-state index is 5.99. The van der Waals surface area contributed by atoms with E-state index in [9.17, 15) is 0 Å². The van der Waals surface area contributed by atoms with Crippen molar-refractivity contribution in [2.24, 2.45) is 0 Å². The minimum Gasteiger partial charge on any atom is -0.382 e. The van der Waals surface area contributed by atoms with E-state index >= 15 is 0 Å². The highest BCUT2D eigenvalue weighted by atomic mass is 35.5. The van der Waals surface area contributed by atoms with E-state index in [0.717, 1.165) is 5.56 Å². The van der Waals surface area contributed by atoms with Crippen LogP contribution in [0.5, 0.6) is 0 Å². The van der Waals surface area contributed by atoms with Gasteiger partial charge in [-0.2, -0.15) is 0 Å². The van der Waals surface area contributed by atoms with Crippen LogP contribution in [-0.2, 0) is 0 Å². The number of hydrogen-bond acceptors (Lipinski definition) is 4. The second-order valence-electron chi connectivity index (χ2n) is 2.87. The van der Waals surface area contributed by atoms with Gasteiger partial charge in [0.25, 0.3) is 0 Å².